The van der Waals surface area contributed by atoms with Gasteiger partial charge in [-0.15, -0.1) is 0 Å². The number of hydrogen-bond donors (Lipinski definition) is 1. The summed E-state index contributed by atoms with van der Waals surface area (Å²) in [6.45, 7) is 4.06. The smallest absolute Gasteiger partial charge is 0.419 e. The van der Waals surface area contributed by atoms with Gasteiger partial charge in [-0.05, 0) is 30.5 Å². The predicted octanol–water partition coefficient (Wildman–Crippen LogP) is 4.62. The molecule has 0 amide bonds. The molecule has 142 valence electrons. The highest BCUT2D eigenvalue weighted by Crippen LogP contribution is 2.37. The lowest BCUT2D eigenvalue weighted by Crippen LogP contribution is -2.22. The van der Waals surface area contributed by atoms with Crippen LogP contribution < -0.4 is 4.74 Å². The second-order valence-electron chi connectivity index (χ2n) is 6.77. The third-order valence-electron chi connectivity index (χ3n) is 4.51. The largest absolute Gasteiger partial charge is 0.493 e. The first-order valence-electron chi connectivity index (χ1n) is 9.13. The molecule has 1 aliphatic rings. The second-order valence-corrected chi connectivity index (χ2v) is 6.77. The van der Waals surface area contributed by atoms with E-state index in [1.807, 2.05) is 4.90 Å². The van der Waals surface area contributed by atoms with Crippen molar-refractivity contribution in [2.75, 3.05) is 19.7 Å². The number of unbranched alkanes of at least 4 members (excludes halogenated alkanes) is 4. The number of ether oxygens (including phenoxy) is 1. The van der Waals surface area contributed by atoms with E-state index < -0.39 is 11.7 Å². The third-order valence-corrected chi connectivity index (χ3v) is 4.51. The SMILES string of the molecule is CCCCCCCOc1ccc(CN2CC[C@@H](O)C2)cc1C(F)(F)F. The maximum atomic E-state index is 13.3. The molecule has 0 spiro atoms. The van der Waals surface area contributed by atoms with Crippen LogP contribution in [-0.4, -0.2) is 35.8 Å². The van der Waals surface area contributed by atoms with Gasteiger partial charge in [-0.2, -0.15) is 13.2 Å². The van der Waals surface area contributed by atoms with Crippen LogP contribution in [0.15, 0.2) is 18.2 Å². The monoisotopic (exact) mass is 359 g/mol. The molecule has 1 atom stereocenters. The zero-order chi connectivity index (χ0) is 18.3. The number of likely N-dealkylation sites (tertiary alicyclic amines) is 1. The molecule has 1 aromatic rings. The number of aliphatic hydroxyl groups excluding tert-OH is 1. The molecular weight excluding hydrogens is 331 g/mol. The molecule has 1 aliphatic heterocycles. The van der Waals surface area contributed by atoms with Crippen LogP contribution in [0.25, 0.3) is 0 Å². The van der Waals surface area contributed by atoms with E-state index in [1.165, 1.54) is 12.1 Å². The minimum Gasteiger partial charge on any atom is -0.493 e. The van der Waals surface area contributed by atoms with Gasteiger partial charge in [0.1, 0.15) is 5.75 Å². The van der Waals surface area contributed by atoms with E-state index in [0.717, 1.165) is 32.1 Å². The Balaban J connectivity index is 1.96. The summed E-state index contributed by atoms with van der Waals surface area (Å²) >= 11 is 0. The van der Waals surface area contributed by atoms with Gasteiger partial charge < -0.3 is 9.84 Å². The highest BCUT2D eigenvalue weighted by Gasteiger charge is 2.35. The molecule has 0 aliphatic carbocycles. The first-order chi connectivity index (χ1) is 11.9. The summed E-state index contributed by atoms with van der Waals surface area (Å²) in [7, 11) is 0. The lowest BCUT2D eigenvalue weighted by Gasteiger charge is -2.18. The van der Waals surface area contributed by atoms with E-state index in [4.69, 9.17) is 4.74 Å². The number of rotatable bonds is 9. The van der Waals surface area contributed by atoms with Crippen molar-refractivity contribution in [1.82, 2.24) is 4.90 Å². The van der Waals surface area contributed by atoms with Crippen molar-refractivity contribution >= 4 is 0 Å². The van der Waals surface area contributed by atoms with Crippen molar-refractivity contribution in [2.24, 2.45) is 0 Å². The minimum atomic E-state index is -4.43. The third kappa shape index (κ3) is 6.51. The average molecular weight is 359 g/mol. The summed E-state index contributed by atoms with van der Waals surface area (Å²) in [4.78, 5) is 1.97. The molecule has 0 saturated carbocycles. The maximum absolute atomic E-state index is 13.3. The Hall–Kier alpha value is -1.27. The summed E-state index contributed by atoms with van der Waals surface area (Å²) in [6.07, 6.45) is 0.977. The van der Waals surface area contributed by atoms with Crippen molar-refractivity contribution in [3.63, 3.8) is 0 Å². The van der Waals surface area contributed by atoms with Crippen LogP contribution in [-0.2, 0) is 12.7 Å². The Morgan fingerprint density at radius 1 is 1.20 bits per heavy atom. The molecule has 1 aromatic carbocycles. The molecule has 1 saturated heterocycles. The van der Waals surface area contributed by atoms with Crippen LogP contribution in [0, 0.1) is 0 Å². The Kier molecular flexibility index (Phi) is 7.56. The molecule has 2 rings (SSSR count). The first-order valence-corrected chi connectivity index (χ1v) is 9.13. The van der Waals surface area contributed by atoms with Gasteiger partial charge in [0.2, 0.25) is 0 Å². The Bertz CT molecular complexity index is 534. The molecule has 1 fully saturated rings. The fraction of sp³-hybridized carbons (Fsp3) is 0.684. The number of halogens is 3. The van der Waals surface area contributed by atoms with E-state index in [2.05, 4.69) is 6.92 Å². The lowest BCUT2D eigenvalue weighted by molar-refractivity contribution is -0.139. The minimum absolute atomic E-state index is 0.0896. The summed E-state index contributed by atoms with van der Waals surface area (Å²) in [5, 5.41) is 9.54. The van der Waals surface area contributed by atoms with Crippen LogP contribution in [0.1, 0.15) is 56.6 Å². The van der Waals surface area contributed by atoms with E-state index in [-0.39, 0.29) is 11.9 Å². The van der Waals surface area contributed by atoms with E-state index in [9.17, 15) is 18.3 Å². The summed E-state index contributed by atoms with van der Waals surface area (Å²) in [5.41, 5.74) is -0.116. The molecule has 0 unspecified atom stereocenters. The Morgan fingerprint density at radius 3 is 2.60 bits per heavy atom. The van der Waals surface area contributed by atoms with Gasteiger partial charge in [-0.25, -0.2) is 0 Å². The molecular formula is C19H28F3NO2. The fourth-order valence-corrected chi connectivity index (χ4v) is 3.12. The summed E-state index contributed by atoms with van der Waals surface area (Å²) in [5.74, 6) is -0.0896. The lowest BCUT2D eigenvalue weighted by atomic mass is 10.1. The van der Waals surface area contributed by atoms with Crippen molar-refractivity contribution in [3.8, 4) is 5.75 Å². The quantitative estimate of drug-likeness (QED) is 0.653. The molecule has 1 N–H and O–H groups in total. The number of hydrogen-bond acceptors (Lipinski definition) is 3. The number of β-amino-alcohol motifs (C(OH)–C–C–N with tert-alkyl or cyclic N) is 1. The molecule has 3 nitrogen and oxygen atoms in total. The van der Waals surface area contributed by atoms with Gasteiger partial charge >= 0.3 is 6.18 Å². The predicted molar refractivity (Wildman–Crippen MR) is 91.6 cm³/mol. The van der Waals surface area contributed by atoms with Crippen molar-refractivity contribution < 1.29 is 23.0 Å². The number of benzene rings is 1. The van der Waals surface area contributed by atoms with Crippen molar-refractivity contribution in [1.29, 1.82) is 0 Å². The highest BCUT2D eigenvalue weighted by atomic mass is 19.4. The molecule has 0 aromatic heterocycles. The molecule has 25 heavy (non-hydrogen) atoms. The van der Waals surface area contributed by atoms with Crippen LogP contribution in [0.3, 0.4) is 0 Å². The normalized spacial score (nSPS) is 18.7. The van der Waals surface area contributed by atoms with Gasteiger partial charge in [-0.3, -0.25) is 4.90 Å². The van der Waals surface area contributed by atoms with Crippen LogP contribution in [0.2, 0.25) is 0 Å². The van der Waals surface area contributed by atoms with Gasteiger partial charge in [-0.1, -0.05) is 38.7 Å². The summed E-state index contributed by atoms with van der Waals surface area (Å²) < 4.78 is 45.5. The average Bonchev–Trinajstić information content (AvgIpc) is 2.96. The zero-order valence-corrected chi connectivity index (χ0v) is 14.8. The summed E-state index contributed by atoms with van der Waals surface area (Å²) in [6, 6.07) is 4.29. The van der Waals surface area contributed by atoms with Gasteiger partial charge in [0.05, 0.1) is 18.3 Å². The number of aliphatic hydroxyl groups is 1. The van der Waals surface area contributed by atoms with E-state index >= 15 is 0 Å². The number of alkyl halides is 3. The zero-order valence-electron chi connectivity index (χ0n) is 14.8. The van der Waals surface area contributed by atoms with Gasteiger partial charge in [0.25, 0.3) is 0 Å². The maximum Gasteiger partial charge on any atom is 0.419 e. The van der Waals surface area contributed by atoms with E-state index in [1.54, 1.807) is 6.07 Å². The topological polar surface area (TPSA) is 32.7 Å². The van der Waals surface area contributed by atoms with Gasteiger partial charge in [0.15, 0.2) is 0 Å². The van der Waals surface area contributed by atoms with Crippen molar-refractivity contribution in [2.45, 2.75) is 64.3 Å². The standard InChI is InChI=1S/C19H28F3NO2/c1-2-3-4-5-6-11-25-18-8-7-15(12-17(18)19(20,21)22)13-23-10-9-16(24)14-23/h7-8,12,16,24H,2-6,9-11,13-14H2,1H3/t16-/m1/s1. The van der Waals surface area contributed by atoms with Crippen LogP contribution >= 0.6 is 0 Å². The first kappa shape index (κ1) is 20.0. The fourth-order valence-electron chi connectivity index (χ4n) is 3.12. The van der Waals surface area contributed by atoms with Gasteiger partial charge in [0, 0.05) is 19.6 Å². The highest BCUT2D eigenvalue weighted by molar-refractivity contribution is 5.39. The Labute approximate surface area is 147 Å². The Morgan fingerprint density at radius 2 is 1.96 bits per heavy atom. The molecule has 0 bridgehead atoms. The van der Waals surface area contributed by atoms with Crippen LogP contribution in [0.5, 0.6) is 5.75 Å². The molecule has 6 heteroatoms. The van der Waals surface area contributed by atoms with Crippen LogP contribution in [0.4, 0.5) is 13.2 Å². The second kappa shape index (κ2) is 9.43. The van der Waals surface area contributed by atoms with Crippen molar-refractivity contribution in [3.05, 3.63) is 29.3 Å². The number of nitrogens with zero attached hydrogens (tertiary/aromatic N) is 1. The molecule has 0 radical (unpaired) electrons. The molecule has 1 heterocycles. The van der Waals surface area contributed by atoms with E-state index in [0.29, 0.717) is 38.2 Å².